The van der Waals surface area contributed by atoms with E-state index < -0.39 is 0 Å². The van der Waals surface area contributed by atoms with Crippen LogP contribution < -0.4 is 5.32 Å². The predicted molar refractivity (Wildman–Crippen MR) is 67.0 cm³/mol. The molecular formula is C13H19N3O2. The van der Waals surface area contributed by atoms with E-state index >= 15 is 0 Å². The van der Waals surface area contributed by atoms with E-state index in [0.29, 0.717) is 18.3 Å². The average molecular weight is 249 g/mol. The molecule has 0 aliphatic carbocycles. The summed E-state index contributed by atoms with van der Waals surface area (Å²) in [7, 11) is 0. The minimum Gasteiger partial charge on any atom is -0.449 e. The third-order valence-electron chi connectivity index (χ3n) is 3.03. The van der Waals surface area contributed by atoms with Gasteiger partial charge in [-0.3, -0.25) is 4.90 Å². The molecule has 0 saturated carbocycles. The molecule has 0 spiro atoms. The van der Waals surface area contributed by atoms with Crippen LogP contribution in [-0.2, 0) is 11.3 Å². The maximum atomic E-state index is 8.66. The van der Waals surface area contributed by atoms with Crippen molar-refractivity contribution in [2.75, 3.05) is 32.8 Å². The molecule has 1 aromatic rings. The minimum absolute atomic E-state index is 0.368. The molecule has 0 bridgehead atoms. The van der Waals surface area contributed by atoms with Crippen molar-refractivity contribution in [1.29, 1.82) is 5.26 Å². The molecule has 1 aliphatic rings. The van der Waals surface area contributed by atoms with Gasteiger partial charge in [0.1, 0.15) is 11.8 Å². The van der Waals surface area contributed by atoms with Crippen LogP contribution in [0.4, 0.5) is 0 Å². The van der Waals surface area contributed by atoms with Crippen molar-refractivity contribution in [3.05, 3.63) is 23.7 Å². The van der Waals surface area contributed by atoms with Gasteiger partial charge in [-0.15, -0.1) is 0 Å². The van der Waals surface area contributed by atoms with Crippen molar-refractivity contribution in [1.82, 2.24) is 10.2 Å². The monoisotopic (exact) mass is 249 g/mol. The number of morpholine rings is 1. The van der Waals surface area contributed by atoms with Crippen LogP contribution in [0.15, 0.2) is 16.5 Å². The maximum Gasteiger partial charge on any atom is 0.203 e. The maximum absolute atomic E-state index is 8.66. The number of furan rings is 1. The van der Waals surface area contributed by atoms with Crippen molar-refractivity contribution < 1.29 is 9.15 Å². The molecule has 2 rings (SSSR count). The second-order valence-corrected chi connectivity index (χ2v) is 4.57. The number of ether oxygens (including phenoxy) is 1. The fourth-order valence-electron chi connectivity index (χ4n) is 2.04. The first-order valence-electron chi connectivity index (χ1n) is 6.30. The fourth-order valence-corrected chi connectivity index (χ4v) is 2.04. The Bertz CT molecular complexity index is 405. The number of hydrogen-bond donors (Lipinski definition) is 1. The first kappa shape index (κ1) is 13.1. The highest BCUT2D eigenvalue weighted by atomic mass is 16.5. The summed E-state index contributed by atoms with van der Waals surface area (Å²) in [6.45, 7) is 7.50. The van der Waals surface area contributed by atoms with Gasteiger partial charge in [0.25, 0.3) is 0 Å². The average Bonchev–Trinajstić information content (AvgIpc) is 2.85. The molecule has 18 heavy (non-hydrogen) atoms. The smallest absolute Gasteiger partial charge is 0.203 e. The molecule has 5 heteroatoms. The van der Waals surface area contributed by atoms with E-state index in [0.717, 1.165) is 38.6 Å². The molecule has 1 atom stereocenters. The Labute approximate surface area is 107 Å². The van der Waals surface area contributed by atoms with Crippen molar-refractivity contribution in [3.8, 4) is 6.07 Å². The number of nitriles is 1. The summed E-state index contributed by atoms with van der Waals surface area (Å²) < 4.78 is 10.6. The molecule has 1 N–H and O–H groups in total. The Morgan fingerprint density at radius 1 is 1.44 bits per heavy atom. The van der Waals surface area contributed by atoms with E-state index in [4.69, 9.17) is 14.4 Å². The number of rotatable bonds is 5. The topological polar surface area (TPSA) is 61.4 Å². The number of nitrogens with one attached hydrogen (secondary N) is 1. The summed E-state index contributed by atoms with van der Waals surface area (Å²) in [4.78, 5) is 2.39. The van der Waals surface area contributed by atoms with Crippen molar-refractivity contribution in [2.24, 2.45) is 0 Å². The second kappa shape index (κ2) is 6.55. The van der Waals surface area contributed by atoms with Gasteiger partial charge in [0.05, 0.1) is 19.8 Å². The van der Waals surface area contributed by atoms with Gasteiger partial charge in [0.15, 0.2) is 0 Å². The molecule has 1 saturated heterocycles. The van der Waals surface area contributed by atoms with Gasteiger partial charge in [-0.1, -0.05) is 0 Å². The molecule has 2 heterocycles. The van der Waals surface area contributed by atoms with Gasteiger partial charge in [-0.05, 0) is 19.1 Å². The van der Waals surface area contributed by atoms with Gasteiger partial charge in [0.2, 0.25) is 5.76 Å². The lowest BCUT2D eigenvalue weighted by atomic mass is 10.2. The summed E-state index contributed by atoms with van der Waals surface area (Å²) in [5, 5.41) is 12.1. The molecule has 98 valence electrons. The van der Waals surface area contributed by atoms with Crippen LogP contribution >= 0.6 is 0 Å². The summed E-state index contributed by atoms with van der Waals surface area (Å²) in [6.07, 6.45) is 0. The Balaban J connectivity index is 1.70. The van der Waals surface area contributed by atoms with E-state index in [9.17, 15) is 0 Å². The Kier molecular flexibility index (Phi) is 4.76. The summed E-state index contributed by atoms with van der Waals surface area (Å²) in [6, 6.07) is 5.91. The zero-order valence-corrected chi connectivity index (χ0v) is 10.7. The van der Waals surface area contributed by atoms with Crippen LogP contribution in [0, 0.1) is 11.3 Å². The molecule has 1 aromatic heterocycles. The Morgan fingerprint density at radius 2 is 2.22 bits per heavy atom. The molecule has 1 fully saturated rings. The second-order valence-electron chi connectivity index (χ2n) is 4.57. The largest absolute Gasteiger partial charge is 0.449 e. The lowest BCUT2D eigenvalue weighted by Gasteiger charge is -2.29. The van der Waals surface area contributed by atoms with Crippen molar-refractivity contribution >= 4 is 0 Å². The highest BCUT2D eigenvalue weighted by Gasteiger charge is 2.13. The quantitative estimate of drug-likeness (QED) is 0.842. The molecule has 1 aliphatic heterocycles. The molecule has 0 aromatic carbocycles. The van der Waals surface area contributed by atoms with Crippen LogP contribution in [0.25, 0.3) is 0 Å². The number of hydrogen-bond acceptors (Lipinski definition) is 5. The van der Waals surface area contributed by atoms with Gasteiger partial charge < -0.3 is 14.5 Å². The van der Waals surface area contributed by atoms with Crippen molar-refractivity contribution in [3.63, 3.8) is 0 Å². The van der Waals surface area contributed by atoms with Gasteiger partial charge in [0, 0.05) is 25.7 Å². The van der Waals surface area contributed by atoms with E-state index in [2.05, 4.69) is 17.1 Å². The number of nitrogens with zero attached hydrogens (tertiary/aromatic N) is 2. The van der Waals surface area contributed by atoms with Crippen LogP contribution in [0.3, 0.4) is 0 Å². The highest BCUT2D eigenvalue weighted by Crippen LogP contribution is 2.06. The SMILES string of the molecule is CC(CN1CCOCC1)NCc1ccc(C#N)o1. The molecule has 0 radical (unpaired) electrons. The Hall–Kier alpha value is -1.35. The lowest BCUT2D eigenvalue weighted by molar-refractivity contribution is 0.0342. The summed E-state index contributed by atoms with van der Waals surface area (Å²) in [5.41, 5.74) is 0. The van der Waals surface area contributed by atoms with E-state index in [1.807, 2.05) is 12.1 Å². The molecular weight excluding hydrogens is 230 g/mol. The van der Waals surface area contributed by atoms with Crippen LogP contribution in [0.1, 0.15) is 18.4 Å². The van der Waals surface area contributed by atoms with Gasteiger partial charge >= 0.3 is 0 Å². The van der Waals surface area contributed by atoms with Gasteiger partial charge in [-0.25, -0.2) is 0 Å². The minimum atomic E-state index is 0.368. The van der Waals surface area contributed by atoms with Crippen molar-refractivity contribution in [2.45, 2.75) is 19.5 Å². The highest BCUT2D eigenvalue weighted by molar-refractivity contribution is 5.18. The zero-order chi connectivity index (χ0) is 12.8. The van der Waals surface area contributed by atoms with Crippen LogP contribution in [-0.4, -0.2) is 43.8 Å². The normalized spacial score (nSPS) is 18.4. The van der Waals surface area contributed by atoms with E-state index in [-0.39, 0.29) is 0 Å². The van der Waals surface area contributed by atoms with E-state index in [1.165, 1.54) is 0 Å². The molecule has 1 unspecified atom stereocenters. The third kappa shape index (κ3) is 3.84. The fraction of sp³-hybridized carbons (Fsp3) is 0.615. The molecule has 5 nitrogen and oxygen atoms in total. The zero-order valence-electron chi connectivity index (χ0n) is 10.7. The first-order valence-corrected chi connectivity index (χ1v) is 6.30. The van der Waals surface area contributed by atoms with Crippen LogP contribution in [0.2, 0.25) is 0 Å². The predicted octanol–water partition coefficient (Wildman–Crippen LogP) is 0.962. The lowest BCUT2D eigenvalue weighted by Crippen LogP contribution is -2.44. The summed E-state index contributed by atoms with van der Waals surface area (Å²) in [5.74, 6) is 1.17. The standard InChI is InChI=1S/C13H19N3O2/c1-11(10-16-4-6-17-7-5-16)15-9-13-3-2-12(8-14)18-13/h2-3,11,15H,4-7,9-10H2,1H3. The van der Waals surface area contributed by atoms with E-state index in [1.54, 1.807) is 6.07 Å². The van der Waals surface area contributed by atoms with Gasteiger partial charge in [-0.2, -0.15) is 5.26 Å². The first-order chi connectivity index (χ1) is 8.78. The van der Waals surface area contributed by atoms with Crippen LogP contribution in [0.5, 0.6) is 0 Å². The third-order valence-corrected chi connectivity index (χ3v) is 3.03. The summed E-state index contributed by atoms with van der Waals surface area (Å²) >= 11 is 0. The molecule has 0 amide bonds. The Morgan fingerprint density at radius 3 is 2.89 bits per heavy atom.